The van der Waals surface area contributed by atoms with Gasteiger partial charge in [-0.15, -0.1) is 0 Å². The Labute approximate surface area is 208 Å². The van der Waals surface area contributed by atoms with Crippen molar-refractivity contribution in [1.82, 2.24) is 20.3 Å². The Morgan fingerprint density at radius 2 is 1.70 bits per heavy atom. The van der Waals surface area contributed by atoms with Crippen LogP contribution in [0.5, 0.6) is 0 Å². The molecule has 37 heavy (non-hydrogen) atoms. The number of nitrogens with zero attached hydrogens (tertiary/aromatic N) is 2. The Balaban J connectivity index is 1.88. The fourth-order valence-corrected chi connectivity index (χ4v) is 3.32. The molecule has 1 atom stereocenters. The second-order valence-corrected chi connectivity index (χ2v) is 7.80. The van der Waals surface area contributed by atoms with Gasteiger partial charge in [0.1, 0.15) is 17.6 Å². The highest BCUT2D eigenvalue weighted by Crippen LogP contribution is 2.26. The fourth-order valence-electron chi connectivity index (χ4n) is 3.32. The molecule has 3 rings (SSSR count). The van der Waals surface area contributed by atoms with Crippen LogP contribution in [-0.4, -0.2) is 55.0 Å². The lowest BCUT2D eigenvalue weighted by molar-refractivity contribution is -0.140. The van der Waals surface area contributed by atoms with Gasteiger partial charge in [0.05, 0.1) is 23.4 Å². The zero-order chi connectivity index (χ0) is 27.1. The number of carboxylic acid groups (broad SMARTS) is 2. The smallest absolute Gasteiger partial charge is 0.326 e. The highest BCUT2D eigenvalue weighted by molar-refractivity contribution is 5.99. The minimum atomic E-state index is -1.44. The first-order chi connectivity index (χ1) is 17.5. The molecule has 0 unspecified atom stereocenters. The van der Waals surface area contributed by atoms with Crippen LogP contribution < -0.4 is 27.7 Å². The molecule has 0 radical (unpaired) electrons. The molecule has 0 saturated carbocycles. The Morgan fingerprint density at radius 1 is 1.00 bits per heavy atom. The number of aromatic amines is 1. The molecule has 2 heterocycles. The molecule has 1 aromatic carbocycles. The molecule has 0 spiro atoms. The summed E-state index contributed by atoms with van der Waals surface area (Å²) < 4.78 is 0. The average Bonchev–Trinajstić information content (AvgIpc) is 2.84. The molecule has 0 aliphatic heterocycles. The van der Waals surface area contributed by atoms with Crippen molar-refractivity contribution >= 4 is 41.2 Å². The number of carbonyl (C=O) groups excluding carboxylic acids is 2. The molecule has 14 heteroatoms. The molecule has 2 amide bonds. The van der Waals surface area contributed by atoms with Crippen molar-refractivity contribution in [1.29, 1.82) is 0 Å². The van der Waals surface area contributed by atoms with E-state index in [1.165, 1.54) is 12.1 Å². The molecule has 192 valence electrons. The monoisotopic (exact) mass is 509 g/mol. The third-order valence-electron chi connectivity index (χ3n) is 5.10. The van der Waals surface area contributed by atoms with Crippen molar-refractivity contribution in [3.8, 4) is 11.3 Å². The number of anilines is 3. The lowest BCUT2D eigenvalue weighted by Crippen LogP contribution is -2.41. The van der Waals surface area contributed by atoms with Crippen molar-refractivity contribution in [2.24, 2.45) is 0 Å². The number of nitrogens with two attached hydrogens (primary N) is 2. The maximum absolute atomic E-state index is 12.7. The first kappa shape index (κ1) is 26.3. The highest BCUT2D eigenvalue weighted by Gasteiger charge is 2.23. The third-order valence-corrected chi connectivity index (χ3v) is 5.10. The van der Waals surface area contributed by atoms with Crippen LogP contribution in [0, 0.1) is 0 Å². The lowest BCUT2D eigenvalue weighted by Gasteiger charge is -2.15. The van der Waals surface area contributed by atoms with Gasteiger partial charge in [0.15, 0.2) is 0 Å². The Hall–Kier alpha value is -5.27. The number of benzene rings is 1. The minimum Gasteiger partial charge on any atom is -0.481 e. The van der Waals surface area contributed by atoms with Gasteiger partial charge in [-0.1, -0.05) is 30.3 Å². The number of nitrogen functional groups attached to an aromatic ring is 2. The van der Waals surface area contributed by atoms with Crippen LogP contribution in [0.1, 0.15) is 28.9 Å². The Bertz CT molecular complexity index is 1410. The van der Waals surface area contributed by atoms with Crippen molar-refractivity contribution in [2.75, 3.05) is 16.8 Å². The highest BCUT2D eigenvalue weighted by atomic mass is 16.4. The minimum absolute atomic E-state index is 0.0852. The summed E-state index contributed by atoms with van der Waals surface area (Å²) in [5.41, 5.74) is 11.2. The maximum atomic E-state index is 12.7. The summed E-state index contributed by atoms with van der Waals surface area (Å²) in [4.78, 5) is 70.1. The molecule has 0 saturated heterocycles. The molecule has 14 nitrogen and oxygen atoms in total. The lowest BCUT2D eigenvalue weighted by atomic mass is 10.1. The van der Waals surface area contributed by atoms with Crippen molar-refractivity contribution < 1.29 is 29.4 Å². The van der Waals surface area contributed by atoms with Gasteiger partial charge < -0.3 is 32.3 Å². The summed E-state index contributed by atoms with van der Waals surface area (Å²) in [7, 11) is 0. The van der Waals surface area contributed by atoms with E-state index in [4.69, 9.17) is 16.6 Å². The van der Waals surface area contributed by atoms with Crippen molar-refractivity contribution in [3.63, 3.8) is 0 Å². The van der Waals surface area contributed by atoms with E-state index in [1.807, 2.05) is 0 Å². The maximum Gasteiger partial charge on any atom is 0.326 e. The van der Waals surface area contributed by atoms with Crippen LogP contribution in [0.4, 0.5) is 17.5 Å². The van der Waals surface area contributed by atoms with Gasteiger partial charge in [-0.05, 0) is 18.6 Å². The van der Waals surface area contributed by atoms with Gasteiger partial charge in [0.25, 0.3) is 11.5 Å². The summed E-state index contributed by atoms with van der Waals surface area (Å²) in [6.45, 7) is 0. The first-order valence-electron chi connectivity index (χ1n) is 10.8. The van der Waals surface area contributed by atoms with Crippen molar-refractivity contribution in [2.45, 2.75) is 25.3 Å². The fraction of sp³-hybridized carbons (Fsp3) is 0.174. The summed E-state index contributed by atoms with van der Waals surface area (Å²) in [6.07, 6.45) is -1.20. The van der Waals surface area contributed by atoms with Gasteiger partial charge >= 0.3 is 11.9 Å². The Kier molecular flexibility index (Phi) is 8.14. The molecule has 2 aromatic heterocycles. The van der Waals surface area contributed by atoms with E-state index >= 15 is 0 Å². The number of amides is 2. The normalized spacial score (nSPS) is 11.4. The molecule has 0 aliphatic rings. The SMILES string of the molecule is Nc1nc(N)c(CC(=O)Nc2ccc(C(=O)N[C@@H](CCC(=O)O)C(=O)O)nc2-c2ccccc2)c(=O)[nH]1. The van der Waals surface area contributed by atoms with Gasteiger partial charge in [-0.25, -0.2) is 9.78 Å². The standard InChI is InChI=1S/C23H23N7O7/c24-19-12(20(34)30-23(25)29-19)10-16(31)26-13-6-7-14(27-18(13)11-4-2-1-3-5-11)21(35)28-15(22(36)37)8-9-17(32)33/h1-7,15H,8-10H2,(H,26,31)(H,28,35)(H,32,33)(H,36,37)(H5,24,25,29,30,34)/t15-/m0/s1. The molecule has 0 fully saturated rings. The second kappa shape index (κ2) is 11.4. The van der Waals surface area contributed by atoms with E-state index in [1.54, 1.807) is 30.3 Å². The predicted molar refractivity (Wildman–Crippen MR) is 131 cm³/mol. The number of aliphatic carboxylic acids is 2. The summed E-state index contributed by atoms with van der Waals surface area (Å²) in [5, 5.41) is 23.0. The van der Waals surface area contributed by atoms with Crippen LogP contribution in [0.15, 0.2) is 47.3 Å². The molecule has 0 bridgehead atoms. The molecule has 9 N–H and O–H groups in total. The zero-order valence-electron chi connectivity index (χ0n) is 19.2. The molecular formula is C23H23N7O7. The first-order valence-corrected chi connectivity index (χ1v) is 10.8. The van der Waals surface area contributed by atoms with Gasteiger partial charge in [-0.2, -0.15) is 4.98 Å². The number of aromatic nitrogens is 3. The number of hydrogen-bond acceptors (Lipinski definition) is 9. The number of nitrogens with one attached hydrogen (secondary N) is 3. The van der Waals surface area contributed by atoms with E-state index in [-0.39, 0.29) is 40.8 Å². The summed E-state index contributed by atoms with van der Waals surface area (Å²) >= 11 is 0. The molecule has 0 aliphatic carbocycles. The largest absolute Gasteiger partial charge is 0.481 e. The second-order valence-electron chi connectivity index (χ2n) is 7.80. The molecular weight excluding hydrogens is 486 g/mol. The van der Waals surface area contributed by atoms with Gasteiger partial charge in [0.2, 0.25) is 11.9 Å². The van der Waals surface area contributed by atoms with E-state index in [0.29, 0.717) is 5.56 Å². The predicted octanol–water partition coefficient (Wildman–Crippen LogP) is 0.225. The van der Waals surface area contributed by atoms with Gasteiger partial charge in [-0.3, -0.25) is 24.2 Å². The van der Waals surface area contributed by atoms with Gasteiger partial charge in [0, 0.05) is 12.0 Å². The van der Waals surface area contributed by atoms with Crippen molar-refractivity contribution in [3.05, 3.63) is 64.1 Å². The number of hydrogen-bond donors (Lipinski definition) is 7. The third kappa shape index (κ3) is 6.88. The number of carboxylic acids is 2. The number of rotatable bonds is 10. The Morgan fingerprint density at radius 3 is 2.32 bits per heavy atom. The van der Waals surface area contributed by atoms with E-state index in [9.17, 15) is 29.1 Å². The summed E-state index contributed by atoms with van der Waals surface area (Å²) in [5.74, 6) is -4.46. The topological polar surface area (TPSA) is 243 Å². The quantitative estimate of drug-likeness (QED) is 0.195. The number of carbonyl (C=O) groups is 4. The molecule has 3 aromatic rings. The number of pyridine rings is 1. The van der Waals surface area contributed by atoms with E-state index in [0.717, 1.165) is 0 Å². The number of H-pyrrole nitrogens is 1. The van der Waals surface area contributed by atoms with Crippen LogP contribution in [0.2, 0.25) is 0 Å². The summed E-state index contributed by atoms with van der Waals surface area (Å²) in [6, 6.07) is 9.75. The zero-order valence-corrected chi connectivity index (χ0v) is 19.2. The van der Waals surface area contributed by atoms with Crippen LogP contribution in [0.3, 0.4) is 0 Å². The van der Waals surface area contributed by atoms with E-state index in [2.05, 4.69) is 25.6 Å². The van der Waals surface area contributed by atoms with E-state index < -0.39 is 48.2 Å². The van der Waals surface area contributed by atoms with Crippen LogP contribution >= 0.6 is 0 Å². The van der Waals surface area contributed by atoms with Crippen LogP contribution in [0.25, 0.3) is 11.3 Å². The van der Waals surface area contributed by atoms with Crippen LogP contribution in [-0.2, 0) is 20.8 Å². The average molecular weight is 509 g/mol.